The van der Waals surface area contributed by atoms with Gasteiger partial charge in [-0.2, -0.15) is 0 Å². The molecule has 31 heavy (non-hydrogen) atoms. The average Bonchev–Trinajstić information content (AvgIpc) is 2.85. The number of hydrogen-bond acceptors (Lipinski definition) is 5. The zero-order valence-corrected chi connectivity index (χ0v) is 18.7. The number of rotatable bonds is 8. The van der Waals surface area contributed by atoms with Crippen LogP contribution in [0.15, 0.2) is 59.5 Å². The van der Waals surface area contributed by atoms with Gasteiger partial charge in [0.05, 0.1) is 22.4 Å². The van der Waals surface area contributed by atoms with Crippen molar-refractivity contribution >= 4 is 27.3 Å². The molecule has 0 fully saturated rings. The highest BCUT2D eigenvalue weighted by molar-refractivity contribution is 7.91. The van der Waals surface area contributed by atoms with Crippen molar-refractivity contribution < 1.29 is 18.0 Å². The molecule has 2 aromatic rings. The summed E-state index contributed by atoms with van der Waals surface area (Å²) in [5, 5.41) is 5.43. The Hall–Kier alpha value is -2.71. The van der Waals surface area contributed by atoms with Gasteiger partial charge in [-0.15, -0.1) is 0 Å². The van der Waals surface area contributed by atoms with E-state index in [1.807, 2.05) is 18.2 Å². The number of benzene rings is 2. The van der Waals surface area contributed by atoms with Gasteiger partial charge in [-0.3, -0.25) is 9.59 Å². The highest BCUT2D eigenvalue weighted by Gasteiger charge is 2.38. The minimum Gasteiger partial charge on any atom is -0.342 e. The summed E-state index contributed by atoms with van der Waals surface area (Å²) >= 11 is 0. The van der Waals surface area contributed by atoms with Gasteiger partial charge in [0.2, 0.25) is 5.91 Å². The van der Waals surface area contributed by atoms with Gasteiger partial charge in [-0.05, 0) is 50.9 Å². The summed E-state index contributed by atoms with van der Waals surface area (Å²) in [6.45, 7) is 2.03. The van der Waals surface area contributed by atoms with E-state index in [1.54, 1.807) is 32.2 Å². The number of likely N-dealkylation sites (N-methyl/N-ethyl adjacent to an activating group) is 1. The molecule has 0 aromatic heterocycles. The molecule has 8 heteroatoms. The number of anilines is 1. The molecule has 0 bridgehead atoms. The third-order valence-electron chi connectivity index (χ3n) is 5.52. The first-order valence-electron chi connectivity index (χ1n) is 10.5. The van der Waals surface area contributed by atoms with Crippen LogP contribution in [0.25, 0.3) is 0 Å². The van der Waals surface area contributed by atoms with Crippen LogP contribution in [0.5, 0.6) is 0 Å². The molecule has 1 aliphatic heterocycles. The lowest BCUT2D eigenvalue weighted by molar-refractivity contribution is -0.128. The van der Waals surface area contributed by atoms with Crippen molar-refractivity contribution in [2.24, 2.45) is 0 Å². The predicted molar refractivity (Wildman–Crippen MR) is 121 cm³/mol. The normalized spacial score (nSPS) is 18.7. The predicted octanol–water partition coefficient (Wildman–Crippen LogP) is 1.92. The van der Waals surface area contributed by atoms with Gasteiger partial charge in [0.25, 0.3) is 5.91 Å². The number of aryl methyl sites for hydroxylation is 1. The summed E-state index contributed by atoms with van der Waals surface area (Å²) in [6, 6.07) is 15.0. The van der Waals surface area contributed by atoms with Gasteiger partial charge in [0, 0.05) is 6.54 Å². The number of sulfone groups is 1. The Bertz CT molecular complexity index is 1020. The van der Waals surface area contributed by atoms with E-state index in [0.717, 1.165) is 12.8 Å². The van der Waals surface area contributed by atoms with E-state index >= 15 is 0 Å². The van der Waals surface area contributed by atoms with Gasteiger partial charge < -0.3 is 15.5 Å². The van der Waals surface area contributed by atoms with Crippen LogP contribution in [-0.4, -0.2) is 51.7 Å². The fraction of sp³-hybridized carbons (Fsp3) is 0.391. The standard InChI is InChI=1S/C23H29N3O4S/c1-17(24-2)22(27)25-19-16-31(29,30)21-14-7-6-13-20(21)26(23(19)28)15-9-8-12-18-10-4-3-5-11-18/h3-7,10-11,13-14,17,19,24H,8-9,12,15-16H2,1-2H3,(H,25,27). The maximum Gasteiger partial charge on any atom is 0.250 e. The van der Waals surface area contributed by atoms with Crippen molar-refractivity contribution in [1.29, 1.82) is 0 Å². The van der Waals surface area contributed by atoms with Gasteiger partial charge in [0.1, 0.15) is 6.04 Å². The Morgan fingerprint density at radius 1 is 1.10 bits per heavy atom. The van der Waals surface area contributed by atoms with Crippen molar-refractivity contribution in [3.8, 4) is 0 Å². The molecule has 3 rings (SSSR count). The lowest BCUT2D eigenvalue weighted by Crippen LogP contribution is -2.54. The maximum absolute atomic E-state index is 13.3. The van der Waals surface area contributed by atoms with Crippen molar-refractivity contribution in [1.82, 2.24) is 10.6 Å². The van der Waals surface area contributed by atoms with E-state index in [0.29, 0.717) is 18.7 Å². The number of amides is 2. The molecule has 1 aliphatic rings. The molecule has 0 saturated carbocycles. The molecule has 1 heterocycles. The Morgan fingerprint density at radius 3 is 2.48 bits per heavy atom. The summed E-state index contributed by atoms with van der Waals surface area (Å²) in [4.78, 5) is 27.3. The van der Waals surface area contributed by atoms with Crippen molar-refractivity contribution in [3.05, 3.63) is 60.2 Å². The largest absolute Gasteiger partial charge is 0.342 e. The molecule has 2 amide bonds. The van der Waals surface area contributed by atoms with Crippen LogP contribution >= 0.6 is 0 Å². The molecule has 7 nitrogen and oxygen atoms in total. The Kier molecular flexibility index (Phi) is 7.46. The van der Waals surface area contributed by atoms with Crippen molar-refractivity contribution in [2.45, 2.75) is 43.2 Å². The number of nitrogens with one attached hydrogen (secondary N) is 2. The molecular formula is C23H29N3O4S. The smallest absolute Gasteiger partial charge is 0.250 e. The fourth-order valence-electron chi connectivity index (χ4n) is 3.64. The maximum atomic E-state index is 13.3. The van der Waals surface area contributed by atoms with Crippen LogP contribution < -0.4 is 15.5 Å². The second-order valence-electron chi connectivity index (χ2n) is 7.75. The first-order chi connectivity index (χ1) is 14.8. The number of carbonyl (C=O) groups is 2. The molecule has 0 spiro atoms. The number of fused-ring (bicyclic) bond motifs is 1. The topological polar surface area (TPSA) is 95.6 Å². The number of nitrogens with zero attached hydrogens (tertiary/aromatic N) is 1. The molecule has 2 unspecified atom stereocenters. The first-order valence-corrected chi connectivity index (χ1v) is 12.1. The quantitative estimate of drug-likeness (QED) is 0.608. The molecule has 166 valence electrons. The van der Waals surface area contributed by atoms with Crippen LogP contribution in [-0.2, 0) is 25.8 Å². The average molecular weight is 444 g/mol. The number of carbonyl (C=O) groups excluding carboxylic acids is 2. The SMILES string of the molecule is CNC(C)C(=O)NC1CS(=O)(=O)c2ccccc2N(CCCCc2ccccc2)C1=O. The van der Waals surface area contributed by atoms with E-state index in [-0.39, 0.29) is 4.90 Å². The first kappa shape index (κ1) is 23.0. The summed E-state index contributed by atoms with van der Waals surface area (Å²) in [7, 11) is -2.11. The highest BCUT2D eigenvalue weighted by Crippen LogP contribution is 2.30. The zero-order valence-electron chi connectivity index (χ0n) is 17.9. The van der Waals surface area contributed by atoms with Gasteiger partial charge >= 0.3 is 0 Å². The van der Waals surface area contributed by atoms with Crippen LogP contribution in [0.2, 0.25) is 0 Å². The second-order valence-corrected chi connectivity index (χ2v) is 9.76. The Balaban J connectivity index is 1.81. The Labute approximate surface area is 183 Å². The Morgan fingerprint density at radius 2 is 1.77 bits per heavy atom. The van der Waals surface area contributed by atoms with Crippen LogP contribution in [0.1, 0.15) is 25.3 Å². The molecular weight excluding hydrogens is 414 g/mol. The van der Waals surface area contributed by atoms with E-state index in [1.165, 1.54) is 16.5 Å². The molecule has 0 aliphatic carbocycles. The van der Waals surface area contributed by atoms with E-state index in [4.69, 9.17) is 0 Å². The number of unbranched alkanes of at least 4 members (excludes halogenated alkanes) is 1. The molecule has 2 aromatic carbocycles. The number of hydrogen-bond donors (Lipinski definition) is 2. The van der Waals surface area contributed by atoms with Gasteiger partial charge in [-0.1, -0.05) is 42.5 Å². The minimum absolute atomic E-state index is 0.129. The molecule has 2 N–H and O–H groups in total. The van der Waals surface area contributed by atoms with Gasteiger partial charge in [0.15, 0.2) is 9.84 Å². The third-order valence-corrected chi connectivity index (χ3v) is 7.31. The monoisotopic (exact) mass is 443 g/mol. The van der Waals surface area contributed by atoms with E-state index in [2.05, 4.69) is 22.8 Å². The van der Waals surface area contributed by atoms with Gasteiger partial charge in [-0.25, -0.2) is 8.42 Å². The third kappa shape index (κ3) is 5.51. The summed E-state index contributed by atoms with van der Waals surface area (Å²) in [5.74, 6) is -1.26. The lowest BCUT2D eigenvalue weighted by atomic mass is 10.1. The van der Waals surface area contributed by atoms with E-state index in [9.17, 15) is 18.0 Å². The van der Waals surface area contributed by atoms with Crippen LogP contribution in [0, 0.1) is 0 Å². The zero-order chi connectivity index (χ0) is 22.4. The van der Waals surface area contributed by atoms with Crippen LogP contribution in [0.3, 0.4) is 0 Å². The minimum atomic E-state index is -3.74. The highest BCUT2D eigenvalue weighted by atomic mass is 32.2. The fourth-order valence-corrected chi connectivity index (χ4v) is 5.26. The van der Waals surface area contributed by atoms with Crippen LogP contribution in [0.4, 0.5) is 5.69 Å². The summed E-state index contributed by atoms with van der Waals surface area (Å²) in [5.41, 5.74) is 1.60. The lowest BCUT2D eigenvalue weighted by Gasteiger charge is -2.26. The summed E-state index contributed by atoms with van der Waals surface area (Å²) in [6.07, 6.45) is 2.45. The molecule has 0 saturated heterocycles. The van der Waals surface area contributed by atoms with E-state index < -0.39 is 39.5 Å². The number of para-hydroxylation sites is 1. The van der Waals surface area contributed by atoms with Crippen molar-refractivity contribution in [3.63, 3.8) is 0 Å². The second kappa shape index (κ2) is 10.1. The molecule has 2 atom stereocenters. The van der Waals surface area contributed by atoms with Crippen molar-refractivity contribution in [2.75, 3.05) is 24.2 Å². The summed E-state index contributed by atoms with van der Waals surface area (Å²) < 4.78 is 26.0. The molecule has 0 radical (unpaired) electrons.